The lowest BCUT2D eigenvalue weighted by atomic mass is 9.97. The summed E-state index contributed by atoms with van der Waals surface area (Å²) in [5.74, 6) is -0.321. The van der Waals surface area contributed by atoms with E-state index in [1.807, 2.05) is 12.1 Å². The number of aryl methyl sites for hydroxylation is 1. The summed E-state index contributed by atoms with van der Waals surface area (Å²) in [5.41, 5.74) is 3.71. The molecule has 0 spiro atoms. The van der Waals surface area contributed by atoms with Gasteiger partial charge in [-0.25, -0.2) is 4.39 Å². The second kappa shape index (κ2) is 4.97. The van der Waals surface area contributed by atoms with Crippen molar-refractivity contribution in [2.75, 3.05) is 11.9 Å². The molecule has 0 fully saturated rings. The second-order valence-corrected chi connectivity index (χ2v) is 5.48. The number of carbonyl (C=O) groups excluding carboxylic acids is 1. The number of halogens is 1. The molecule has 0 saturated carbocycles. The minimum atomic E-state index is -0.897. The van der Waals surface area contributed by atoms with Gasteiger partial charge in [-0.05, 0) is 47.4 Å². The minimum absolute atomic E-state index is 0.0400. The van der Waals surface area contributed by atoms with E-state index in [-0.39, 0.29) is 11.7 Å². The highest BCUT2D eigenvalue weighted by atomic mass is 19.1. The van der Waals surface area contributed by atoms with Crippen LogP contribution < -0.4 is 4.90 Å². The third-order valence-electron chi connectivity index (χ3n) is 3.88. The number of anilines is 1. The molecule has 2 aromatic rings. The Bertz CT molecular complexity index is 706. The highest BCUT2D eigenvalue weighted by Crippen LogP contribution is 2.32. The Morgan fingerprint density at radius 1 is 1.19 bits per heavy atom. The van der Waals surface area contributed by atoms with E-state index in [4.69, 9.17) is 0 Å². The van der Waals surface area contributed by atoms with Crippen molar-refractivity contribution in [2.45, 2.75) is 19.4 Å². The van der Waals surface area contributed by atoms with E-state index in [0.717, 1.165) is 16.8 Å². The van der Waals surface area contributed by atoms with Crippen LogP contribution in [0.5, 0.6) is 0 Å². The van der Waals surface area contributed by atoms with Gasteiger partial charge in [-0.1, -0.05) is 18.2 Å². The van der Waals surface area contributed by atoms with Crippen LogP contribution in [-0.2, 0) is 11.2 Å². The van der Waals surface area contributed by atoms with E-state index in [1.54, 1.807) is 31.0 Å². The van der Waals surface area contributed by atoms with Crippen LogP contribution >= 0.6 is 0 Å². The first-order valence-corrected chi connectivity index (χ1v) is 6.80. The van der Waals surface area contributed by atoms with Gasteiger partial charge in [0.1, 0.15) is 11.9 Å². The molecule has 3 rings (SSSR count). The molecule has 3 nitrogen and oxygen atoms in total. The maximum atomic E-state index is 13.5. The molecule has 1 amide bonds. The van der Waals surface area contributed by atoms with Crippen molar-refractivity contribution < 1.29 is 14.3 Å². The lowest BCUT2D eigenvalue weighted by Gasteiger charge is -2.15. The average molecular weight is 285 g/mol. The normalized spacial score (nSPS) is 15.2. The molecule has 0 radical (unpaired) electrons. The van der Waals surface area contributed by atoms with Crippen LogP contribution in [0.25, 0.3) is 0 Å². The summed E-state index contributed by atoms with van der Waals surface area (Å²) >= 11 is 0. The maximum absolute atomic E-state index is 13.5. The first-order chi connectivity index (χ1) is 9.95. The molecule has 0 bridgehead atoms. The van der Waals surface area contributed by atoms with Gasteiger partial charge in [0, 0.05) is 12.7 Å². The number of hydrogen-bond donors (Lipinski definition) is 1. The summed E-state index contributed by atoms with van der Waals surface area (Å²) in [6.07, 6.45) is -0.556. The van der Waals surface area contributed by atoms with Crippen molar-refractivity contribution in [1.29, 1.82) is 0 Å². The van der Waals surface area contributed by atoms with Gasteiger partial charge in [0.25, 0.3) is 0 Å². The number of aliphatic hydroxyl groups excluding tert-OH is 1. The topological polar surface area (TPSA) is 40.5 Å². The fourth-order valence-electron chi connectivity index (χ4n) is 2.78. The van der Waals surface area contributed by atoms with Crippen LogP contribution in [-0.4, -0.2) is 18.1 Å². The van der Waals surface area contributed by atoms with Crippen molar-refractivity contribution >= 4 is 11.6 Å². The van der Waals surface area contributed by atoms with E-state index in [1.165, 1.54) is 12.1 Å². The lowest BCUT2D eigenvalue weighted by Crippen LogP contribution is -2.20. The maximum Gasteiger partial charge on any atom is 0.231 e. The Morgan fingerprint density at radius 2 is 1.95 bits per heavy atom. The molecule has 2 aromatic carbocycles. The van der Waals surface area contributed by atoms with Crippen LogP contribution in [0.3, 0.4) is 0 Å². The van der Waals surface area contributed by atoms with E-state index in [2.05, 4.69) is 0 Å². The van der Waals surface area contributed by atoms with Crippen molar-refractivity contribution in [1.82, 2.24) is 0 Å². The fraction of sp³-hybridized carbons (Fsp3) is 0.235. The van der Waals surface area contributed by atoms with E-state index < -0.39 is 6.10 Å². The number of rotatable bonds is 2. The molecule has 1 atom stereocenters. The molecule has 1 unspecified atom stereocenters. The SMILES string of the molecule is Cc1cc(F)cc(C(O)c2ccc3c(c2)CC(=O)N3C)c1. The molecular weight excluding hydrogens is 269 g/mol. The summed E-state index contributed by atoms with van der Waals surface area (Å²) in [6.45, 7) is 1.79. The predicted octanol–water partition coefficient (Wildman–Crippen LogP) is 2.73. The molecular formula is C17H16FNO2. The van der Waals surface area contributed by atoms with Gasteiger partial charge in [0.15, 0.2) is 0 Å². The van der Waals surface area contributed by atoms with E-state index in [0.29, 0.717) is 17.5 Å². The molecule has 1 aliphatic heterocycles. The van der Waals surface area contributed by atoms with Crippen LogP contribution in [0.1, 0.15) is 28.4 Å². The number of benzene rings is 2. The number of amides is 1. The largest absolute Gasteiger partial charge is 0.384 e. The van der Waals surface area contributed by atoms with Gasteiger partial charge in [-0.2, -0.15) is 0 Å². The van der Waals surface area contributed by atoms with Gasteiger partial charge in [0.05, 0.1) is 6.42 Å². The monoisotopic (exact) mass is 285 g/mol. The van der Waals surface area contributed by atoms with Crippen LogP contribution in [0, 0.1) is 12.7 Å². The Hall–Kier alpha value is -2.20. The number of aliphatic hydroxyl groups is 1. The molecule has 108 valence electrons. The highest BCUT2D eigenvalue weighted by Gasteiger charge is 2.25. The molecule has 1 aliphatic rings. The first-order valence-electron chi connectivity index (χ1n) is 6.80. The number of hydrogen-bond acceptors (Lipinski definition) is 2. The molecule has 0 aliphatic carbocycles. The average Bonchev–Trinajstić information content (AvgIpc) is 2.71. The van der Waals surface area contributed by atoms with Crippen LogP contribution in [0.15, 0.2) is 36.4 Å². The summed E-state index contributed by atoms with van der Waals surface area (Å²) in [7, 11) is 1.74. The van der Waals surface area contributed by atoms with E-state index >= 15 is 0 Å². The summed E-state index contributed by atoms with van der Waals surface area (Å²) in [4.78, 5) is 13.3. The molecule has 0 aromatic heterocycles. The van der Waals surface area contributed by atoms with Crippen molar-refractivity contribution in [3.63, 3.8) is 0 Å². The van der Waals surface area contributed by atoms with Crippen LogP contribution in [0.2, 0.25) is 0 Å². The summed E-state index contributed by atoms with van der Waals surface area (Å²) < 4.78 is 13.5. The standard InChI is InChI=1S/C17H16FNO2/c1-10-5-13(8-14(18)6-10)17(21)11-3-4-15-12(7-11)9-16(20)19(15)2/h3-8,17,21H,9H2,1-2H3. The van der Waals surface area contributed by atoms with Crippen molar-refractivity contribution in [3.8, 4) is 0 Å². The zero-order valence-electron chi connectivity index (χ0n) is 11.9. The zero-order valence-corrected chi connectivity index (χ0v) is 11.9. The Labute approximate surface area is 122 Å². The van der Waals surface area contributed by atoms with Gasteiger partial charge < -0.3 is 10.0 Å². The second-order valence-electron chi connectivity index (χ2n) is 5.48. The number of likely N-dealkylation sites (N-methyl/N-ethyl adjacent to an activating group) is 1. The van der Waals surface area contributed by atoms with E-state index in [9.17, 15) is 14.3 Å². The molecule has 1 heterocycles. The summed E-state index contributed by atoms with van der Waals surface area (Å²) in [5, 5.41) is 10.4. The third kappa shape index (κ3) is 2.43. The molecule has 1 N–H and O–H groups in total. The molecule has 4 heteroatoms. The lowest BCUT2D eigenvalue weighted by molar-refractivity contribution is -0.117. The first kappa shape index (κ1) is 13.8. The Morgan fingerprint density at radius 3 is 2.67 bits per heavy atom. The van der Waals surface area contributed by atoms with Gasteiger partial charge in [0.2, 0.25) is 5.91 Å². The van der Waals surface area contributed by atoms with Crippen molar-refractivity contribution in [2.24, 2.45) is 0 Å². The summed E-state index contributed by atoms with van der Waals surface area (Å²) in [6, 6.07) is 9.94. The third-order valence-corrected chi connectivity index (χ3v) is 3.88. The predicted molar refractivity (Wildman–Crippen MR) is 78.8 cm³/mol. The van der Waals surface area contributed by atoms with Crippen LogP contribution in [0.4, 0.5) is 10.1 Å². The Kier molecular flexibility index (Phi) is 3.26. The number of fused-ring (bicyclic) bond motifs is 1. The Balaban J connectivity index is 1.98. The van der Waals surface area contributed by atoms with Gasteiger partial charge >= 0.3 is 0 Å². The van der Waals surface area contributed by atoms with Gasteiger partial charge in [-0.3, -0.25) is 4.79 Å². The van der Waals surface area contributed by atoms with Gasteiger partial charge in [-0.15, -0.1) is 0 Å². The minimum Gasteiger partial charge on any atom is -0.384 e. The molecule has 0 saturated heterocycles. The molecule has 21 heavy (non-hydrogen) atoms. The number of nitrogens with zero attached hydrogens (tertiary/aromatic N) is 1. The van der Waals surface area contributed by atoms with Crippen molar-refractivity contribution in [3.05, 3.63) is 64.5 Å². The zero-order chi connectivity index (χ0) is 15.1. The fourth-order valence-corrected chi connectivity index (χ4v) is 2.78. The number of carbonyl (C=O) groups is 1. The smallest absolute Gasteiger partial charge is 0.231 e. The highest BCUT2D eigenvalue weighted by molar-refractivity contribution is 6.00. The quantitative estimate of drug-likeness (QED) is 0.921.